The molecule has 0 atom stereocenters. The maximum atomic E-state index is 5.14. The maximum Gasteiger partial charge on any atom is 0.0947 e. The molecule has 0 saturated carbocycles. The maximum absolute atomic E-state index is 5.14. The lowest BCUT2D eigenvalue weighted by molar-refractivity contribution is 0.242. The molecule has 3 heteroatoms. The average molecular weight is 252 g/mol. The molecule has 1 aliphatic heterocycles. The Bertz CT molecular complexity index is 697. The van der Waals surface area contributed by atoms with Gasteiger partial charge in [-0.15, -0.1) is 0 Å². The van der Waals surface area contributed by atoms with Crippen molar-refractivity contribution in [1.29, 1.82) is 0 Å². The van der Waals surface area contributed by atoms with Gasteiger partial charge in [-0.2, -0.15) is 0 Å². The molecule has 3 aromatic rings. The number of H-pyrrole nitrogens is 1. The molecular weight excluding hydrogens is 236 g/mol. The van der Waals surface area contributed by atoms with E-state index in [1.807, 2.05) is 12.3 Å². The Hall–Kier alpha value is -2.00. The van der Waals surface area contributed by atoms with Crippen LogP contribution in [0.15, 0.2) is 47.3 Å². The number of fused-ring (bicyclic) bond motifs is 3. The Balaban J connectivity index is 1.63. The van der Waals surface area contributed by atoms with E-state index in [1.165, 1.54) is 27.7 Å². The van der Waals surface area contributed by atoms with Gasteiger partial charge in [-0.3, -0.25) is 4.90 Å². The van der Waals surface area contributed by atoms with Crippen molar-refractivity contribution >= 4 is 10.9 Å². The molecule has 0 bridgehead atoms. The molecule has 1 aliphatic rings. The first-order valence-electron chi connectivity index (χ1n) is 6.72. The van der Waals surface area contributed by atoms with Gasteiger partial charge in [0, 0.05) is 41.8 Å². The van der Waals surface area contributed by atoms with E-state index in [9.17, 15) is 0 Å². The molecule has 3 heterocycles. The molecule has 0 amide bonds. The molecule has 1 N–H and O–H groups in total. The Morgan fingerprint density at radius 1 is 1.21 bits per heavy atom. The van der Waals surface area contributed by atoms with Crippen molar-refractivity contribution in [3.63, 3.8) is 0 Å². The molecule has 4 rings (SSSR count). The zero-order valence-electron chi connectivity index (χ0n) is 10.7. The van der Waals surface area contributed by atoms with Crippen LogP contribution < -0.4 is 0 Å². The summed E-state index contributed by atoms with van der Waals surface area (Å²) >= 11 is 0. The van der Waals surface area contributed by atoms with Gasteiger partial charge in [0.15, 0.2) is 0 Å². The van der Waals surface area contributed by atoms with Gasteiger partial charge in [-0.25, -0.2) is 0 Å². The Morgan fingerprint density at radius 3 is 3.05 bits per heavy atom. The first kappa shape index (κ1) is 10.9. The van der Waals surface area contributed by atoms with E-state index in [2.05, 4.69) is 34.1 Å². The standard InChI is InChI=1S/C16H16N2O/c1-2-4-15-13(3-1)14-5-7-18(10-16(14)17-15)9-12-6-8-19-11-12/h1-4,6,8,11,17H,5,7,9-10H2. The fourth-order valence-corrected chi connectivity index (χ4v) is 3.02. The van der Waals surface area contributed by atoms with Gasteiger partial charge in [0.25, 0.3) is 0 Å². The predicted molar refractivity (Wildman–Crippen MR) is 74.8 cm³/mol. The number of aromatic nitrogens is 1. The van der Waals surface area contributed by atoms with Crippen LogP contribution in [-0.4, -0.2) is 16.4 Å². The second-order valence-electron chi connectivity index (χ2n) is 5.22. The molecule has 0 radical (unpaired) electrons. The molecule has 2 aromatic heterocycles. The van der Waals surface area contributed by atoms with E-state index in [1.54, 1.807) is 6.26 Å². The van der Waals surface area contributed by atoms with Gasteiger partial charge in [0.2, 0.25) is 0 Å². The van der Waals surface area contributed by atoms with Gasteiger partial charge in [0.05, 0.1) is 12.5 Å². The van der Waals surface area contributed by atoms with Crippen LogP contribution in [0.2, 0.25) is 0 Å². The topological polar surface area (TPSA) is 32.2 Å². The van der Waals surface area contributed by atoms with E-state index < -0.39 is 0 Å². The summed E-state index contributed by atoms with van der Waals surface area (Å²) in [6.07, 6.45) is 4.70. The van der Waals surface area contributed by atoms with E-state index >= 15 is 0 Å². The number of hydrogen-bond acceptors (Lipinski definition) is 2. The summed E-state index contributed by atoms with van der Waals surface area (Å²) in [4.78, 5) is 6.02. The minimum absolute atomic E-state index is 0.964. The molecule has 0 spiro atoms. The highest BCUT2D eigenvalue weighted by atomic mass is 16.3. The number of hydrogen-bond donors (Lipinski definition) is 1. The smallest absolute Gasteiger partial charge is 0.0947 e. The first-order valence-corrected chi connectivity index (χ1v) is 6.72. The monoisotopic (exact) mass is 252 g/mol. The minimum Gasteiger partial charge on any atom is -0.472 e. The highest BCUT2D eigenvalue weighted by Gasteiger charge is 2.20. The number of nitrogens with zero attached hydrogens (tertiary/aromatic N) is 1. The number of para-hydroxylation sites is 1. The molecule has 0 saturated heterocycles. The zero-order valence-corrected chi connectivity index (χ0v) is 10.7. The van der Waals surface area contributed by atoms with Crippen molar-refractivity contribution in [2.45, 2.75) is 19.5 Å². The van der Waals surface area contributed by atoms with Crippen molar-refractivity contribution in [1.82, 2.24) is 9.88 Å². The summed E-state index contributed by atoms with van der Waals surface area (Å²) in [7, 11) is 0. The van der Waals surface area contributed by atoms with Crippen molar-refractivity contribution in [3.05, 3.63) is 59.7 Å². The summed E-state index contributed by atoms with van der Waals surface area (Å²) in [5, 5.41) is 1.39. The third kappa shape index (κ3) is 1.87. The molecular formula is C16H16N2O. The van der Waals surface area contributed by atoms with Gasteiger partial charge in [-0.1, -0.05) is 18.2 Å². The average Bonchev–Trinajstić information content (AvgIpc) is 3.05. The van der Waals surface area contributed by atoms with Crippen LogP contribution in [0.1, 0.15) is 16.8 Å². The summed E-state index contributed by atoms with van der Waals surface area (Å²) in [5.74, 6) is 0. The normalized spacial score (nSPS) is 15.8. The lowest BCUT2D eigenvalue weighted by atomic mass is 10.0. The van der Waals surface area contributed by atoms with Crippen LogP contribution >= 0.6 is 0 Å². The largest absolute Gasteiger partial charge is 0.472 e. The van der Waals surface area contributed by atoms with Gasteiger partial charge in [-0.05, 0) is 24.1 Å². The Labute approximate surface area is 111 Å². The minimum atomic E-state index is 0.964. The summed E-state index contributed by atoms with van der Waals surface area (Å²) in [5.41, 5.74) is 5.38. The third-order valence-corrected chi connectivity index (χ3v) is 3.95. The lowest BCUT2D eigenvalue weighted by Gasteiger charge is -2.26. The van der Waals surface area contributed by atoms with Crippen molar-refractivity contribution in [2.75, 3.05) is 6.54 Å². The van der Waals surface area contributed by atoms with Crippen molar-refractivity contribution < 1.29 is 4.42 Å². The fourth-order valence-electron chi connectivity index (χ4n) is 3.02. The van der Waals surface area contributed by atoms with Crippen LogP contribution in [0.5, 0.6) is 0 Å². The third-order valence-electron chi connectivity index (χ3n) is 3.95. The van der Waals surface area contributed by atoms with Gasteiger partial charge >= 0.3 is 0 Å². The first-order chi connectivity index (χ1) is 9.40. The fraction of sp³-hybridized carbons (Fsp3) is 0.250. The second-order valence-corrected chi connectivity index (χ2v) is 5.22. The molecule has 3 nitrogen and oxygen atoms in total. The lowest BCUT2D eigenvalue weighted by Crippen LogP contribution is -2.29. The van der Waals surface area contributed by atoms with Crippen molar-refractivity contribution in [2.24, 2.45) is 0 Å². The van der Waals surface area contributed by atoms with Crippen LogP contribution in [0.4, 0.5) is 0 Å². The van der Waals surface area contributed by atoms with E-state index in [0.29, 0.717) is 0 Å². The number of nitrogens with one attached hydrogen (secondary N) is 1. The highest BCUT2D eigenvalue weighted by Crippen LogP contribution is 2.27. The predicted octanol–water partition coefficient (Wildman–Crippen LogP) is 3.32. The van der Waals surface area contributed by atoms with Crippen LogP contribution in [0, 0.1) is 0 Å². The van der Waals surface area contributed by atoms with Crippen LogP contribution in [0.3, 0.4) is 0 Å². The number of rotatable bonds is 2. The zero-order chi connectivity index (χ0) is 12.7. The van der Waals surface area contributed by atoms with Gasteiger partial charge < -0.3 is 9.40 Å². The molecule has 1 aromatic carbocycles. The SMILES string of the molecule is c1ccc2c3c([nH]c2c1)CN(Cc1ccoc1)CC3. The molecule has 0 aliphatic carbocycles. The summed E-state index contributed by atoms with van der Waals surface area (Å²) in [6.45, 7) is 3.07. The quantitative estimate of drug-likeness (QED) is 0.758. The van der Waals surface area contributed by atoms with Crippen LogP contribution in [0.25, 0.3) is 10.9 Å². The van der Waals surface area contributed by atoms with Crippen molar-refractivity contribution in [3.8, 4) is 0 Å². The van der Waals surface area contributed by atoms with E-state index in [0.717, 1.165) is 26.1 Å². The van der Waals surface area contributed by atoms with E-state index in [-0.39, 0.29) is 0 Å². The van der Waals surface area contributed by atoms with Gasteiger partial charge in [0.1, 0.15) is 0 Å². The molecule has 96 valence electrons. The summed E-state index contributed by atoms with van der Waals surface area (Å²) in [6, 6.07) is 10.6. The number of aromatic amines is 1. The number of benzene rings is 1. The highest BCUT2D eigenvalue weighted by molar-refractivity contribution is 5.84. The molecule has 0 unspecified atom stereocenters. The number of furan rings is 1. The van der Waals surface area contributed by atoms with Crippen LogP contribution in [-0.2, 0) is 19.5 Å². The second kappa shape index (κ2) is 4.28. The molecule has 19 heavy (non-hydrogen) atoms. The Morgan fingerprint density at radius 2 is 2.16 bits per heavy atom. The molecule has 0 fully saturated rings. The summed E-state index contributed by atoms with van der Waals surface area (Å²) < 4.78 is 5.14. The Kier molecular flexibility index (Phi) is 2.45. The van der Waals surface area contributed by atoms with E-state index in [4.69, 9.17) is 4.42 Å².